The number of hydrogen-bond donors (Lipinski definition) is 1. The third kappa shape index (κ3) is 2.72. The van der Waals surface area contributed by atoms with Crippen LogP contribution in [0.2, 0.25) is 5.02 Å². The minimum Gasteiger partial charge on any atom is -0.378 e. The number of aromatic nitrogens is 3. The smallest absolute Gasteiger partial charge is 0.0948 e. The molecule has 0 unspecified atom stereocenters. The number of aryl methyl sites for hydroxylation is 2. The zero-order valence-corrected chi connectivity index (χ0v) is 12.9. The lowest BCUT2D eigenvalue weighted by atomic mass is 10.2. The van der Waals surface area contributed by atoms with E-state index in [9.17, 15) is 0 Å². The highest BCUT2D eigenvalue weighted by atomic mass is 35.5. The monoisotopic (exact) mass is 300 g/mol. The van der Waals surface area contributed by atoms with Gasteiger partial charge in [-0.05, 0) is 36.8 Å². The highest BCUT2D eigenvalue weighted by Gasteiger charge is 2.07. The molecule has 1 N–H and O–H groups in total. The molecule has 3 rings (SSSR count). The van der Waals surface area contributed by atoms with Crippen LogP contribution in [0.1, 0.15) is 18.3 Å². The van der Waals surface area contributed by atoms with Gasteiger partial charge in [-0.1, -0.05) is 18.5 Å². The number of benzene rings is 1. The summed E-state index contributed by atoms with van der Waals surface area (Å²) in [6.45, 7) is 2.81. The fourth-order valence-corrected chi connectivity index (χ4v) is 2.59. The highest BCUT2D eigenvalue weighted by molar-refractivity contribution is 6.35. The standard InChI is InChI=1S/C16H17ClN4/c1-3-11-9-12(21(2)20-11)10-19-15-7-6-14(17)13-5-4-8-18-16(13)15/h4-9,19H,3,10H2,1-2H3. The SMILES string of the molecule is CCc1cc(CNc2ccc(Cl)c3cccnc23)n(C)n1. The molecule has 4 nitrogen and oxygen atoms in total. The van der Waals surface area contributed by atoms with Crippen LogP contribution in [0.15, 0.2) is 36.5 Å². The number of pyridine rings is 1. The van der Waals surface area contributed by atoms with Crippen molar-refractivity contribution in [3.63, 3.8) is 0 Å². The molecule has 0 radical (unpaired) electrons. The van der Waals surface area contributed by atoms with E-state index in [1.807, 2.05) is 36.0 Å². The Hall–Kier alpha value is -2.07. The Balaban J connectivity index is 1.88. The predicted molar refractivity (Wildman–Crippen MR) is 86.7 cm³/mol. The minimum atomic E-state index is 0.705. The van der Waals surface area contributed by atoms with Crippen molar-refractivity contribution in [2.24, 2.45) is 7.05 Å². The van der Waals surface area contributed by atoms with Gasteiger partial charge in [0, 0.05) is 18.6 Å². The Labute approximate surface area is 128 Å². The van der Waals surface area contributed by atoms with Crippen molar-refractivity contribution in [3.05, 3.63) is 52.9 Å². The van der Waals surface area contributed by atoms with Crippen molar-refractivity contribution < 1.29 is 0 Å². The maximum Gasteiger partial charge on any atom is 0.0948 e. The second-order valence-corrected chi connectivity index (χ2v) is 5.36. The Kier molecular flexibility index (Phi) is 3.80. The van der Waals surface area contributed by atoms with Gasteiger partial charge in [-0.2, -0.15) is 5.10 Å². The summed E-state index contributed by atoms with van der Waals surface area (Å²) >= 11 is 6.21. The van der Waals surface area contributed by atoms with Crippen molar-refractivity contribution >= 4 is 28.2 Å². The second-order valence-electron chi connectivity index (χ2n) is 4.95. The topological polar surface area (TPSA) is 42.7 Å². The maximum absolute atomic E-state index is 6.21. The Morgan fingerprint density at radius 1 is 1.29 bits per heavy atom. The molecular weight excluding hydrogens is 284 g/mol. The fraction of sp³-hybridized carbons (Fsp3) is 0.250. The van der Waals surface area contributed by atoms with Crippen molar-refractivity contribution in [1.82, 2.24) is 14.8 Å². The molecule has 0 spiro atoms. The average molecular weight is 301 g/mol. The molecule has 2 heterocycles. The first kappa shape index (κ1) is 13.9. The minimum absolute atomic E-state index is 0.705. The van der Waals surface area contributed by atoms with Crippen LogP contribution in [0.4, 0.5) is 5.69 Å². The largest absolute Gasteiger partial charge is 0.378 e. The van der Waals surface area contributed by atoms with E-state index in [0.717, 1.165) is 39.4 Å². The molecule has 0 aliphatic rings. The van der Waals surface area contributed by atoms with E-state index < -0.39 is 0 Å². The summed E-state index contributed by atoms with van der Waals surface area (Å²) in [5.41, 5.74) is 4.12. The highest BCUT2D eigenvalue weighted by Crippen LogP contribution is 2.28. The van der Waals surface area contributed by atoms with Gasteiger partial charge < -0.3 is 5.32 Å². The van der Waals surface area contributed by atoms with E-state index >= 15 is 0 Å². The molecule has 0 aliphatic heterocycles. The Morgan fingerprint density at radius 2 is 2.14 bits per heavy atom. The second kappa shape index (κ2) is 5.74. The van der Waals surface area contributed by atoms with E-state index in [4.69, 9.17) is 11.6 Å². The summed E-state index contributed by atoms with van der Waals surface area (Å²) in [5, 5.41) is 9.57. The predicted octanol–water partition coefficient (Wildman–Crippen LogP) is 3.80. The van der Waals surface area contributed by atoms with Gasteiger partial charge in [0.05, 0.1) is 34.2 Å². The number of rotatable bonds is 4. The Bertz CT molecular complexity index is 779. The Morgan fingerprint density at radius 3 is 2.90 bits per heavy atom. The first-order chi connectivity index (χ1) is 10.2. The van der Waals surface area contributed by atoms with Crippen LogP contribution in [-0.4, -0.2) is 14.8 Å². The number of hydrogen-bond acceptors (Lipinski definition) is 3. The third-order valence-corrected chi connectivity index (χ3v) is 3.90. The van der Waals surface area contributed by atoms with Gasteiger partial charge in [-0.25, -0.2) is 0 Å². The first-order valence-electron chi connectivity index (χ1n) is 6.98. The van der Waals surface area contributed by atoms with E-state index in [2.05, 4.69) is 28.4 Å². The number of anilines is 1. The molecule has 0 atom stereocenters. The molecule has 0 fully saturated rings. The molecule has 0 aliphatic carbocycles. The van der Waals surface area contributed by atoms with Crippen molar-refractivity contribution in [2.75, 3.05) is 5.32 Å². The zero-order chi connectivity index (χ0) is 14.8. The van der Waals surface area contributed by atoms with E-state index in [-0.39, 0.29) is 0 Å². The van der Waals surface area contributed by atoms with Gasteiger partial charge in [0.25, 0.3) is 0 Å². The van der Waals surface area contributed by atoms with Crippen LogP contribution in [0.25, 0.3) is 10.9 Å². The molecule has 108 valence electrons. The molecule has 0 amide bonds. The van der Waals surface area contributed by atoms with Crippen molar-refractivity contribution in [2.45, 2.75) is 19.9 Å². The summed E-state index contributed by atoms with van der Waals surface area (Å²) in [5.74, 6) is 0. The molecule has 21 heavy (non-hydrogen) atoms. The molecule has 0 saturated heterocycles. The van der Waals surface area contributed by atoms with Gasteiger partial charge in [0.15, 0.2) is 0 Å². The van der Waals surface area contributed by atoms with Crippen LogP contribution in [0.5, 0.6) is 0 Å². The molecule has 2 aromatic heterocycles. The number of halogens is 1. The normalized spacial score (nSPS) is 11.0. The zero-order valence-electron chi connectivity index (χ0n) is 12.1. The van der Waals surface area contributed by atoms with E-state index in [0.29, 0.717) is 6.54 Å². The summed E-state index contributed by atoms with van der Waals surface area (Å²) < 4.78 is 1.91. The summed E-state index contributed by atoms with van der Waals surface area (Å²) in [6, 6.07) is 9.86. The molecular formula is C16H17ClN4. The summed E-state index contributed by atoms with van der Waals surface area (Å²) in [6.07, 6.45) is 2.72. The molecule has 3 aromatic rings. The van der Waals surface area contributed by atoms with Crippen LogP contribution >= 0.6 is 11.6 Å². The molecule has 1 aromatic carbocycles. The fourth-order valence-electron chi connectivity index (χ4n) is 2.38. The van der Waals surface area contributed by atoms with Crippen LogP contribution < -0.4 is 5.32 Å². The van der Waals surface area contributed by atoms with Gasteiger partial charge >= 0.3 is 0 Å². The molecule has 5 heteroatoms. The first-order valence-corrected chi connectivity index (χ1v) is 7.35. The van der Waals surface area contributed by atoms with E-state index in [1.54, 1.807) is 6.20 Å². The lowest BCUT2D eigenvalue weighted by molar-refractivity contribution is 0.707. The summed E-state index contributed by atoms with van der Waals surface area (Å²) in [4.78, 5) is 4.43. The van der Waals surface area contributed by atoms with E-state index in [1.165, 1.54) is 0 Å². The number of nitrogens with one attached hydrogen (secondary N) is 1. The molecule has 0 saturated carbocycles. The van der Waals surface area contributed by atoms with Crippen molar-refractivity contribution in [3.8, 4) is 0 Å². The van der Waals surface area contributed by atoms with Gasteiger partial charge in [0.2, 0.25) is 0 Å². The van der Waals surface area contributed by atoms with Gasteiger partial charge in [-0.15, -0.1) is 0 Å². The average Bonchev–Trinajstić information content (AvgIpc) is 2.87. The lowest BCUT2D eigenvalue weighted by Gasteiger charge is -2.10. The lowest BCUT2D eigenvalue weighted by Crippen LogP contribution is -2.06. The number of fused-ring (bicyclic) bond motifs is 1. The third-order valence-electron chi connectivity index (χ3n) is 3.57. The quantitative estimate of drug-likeness (QED) is 0.797. The molecule has 0 bridgehead atoms. The van der Waals surface area contributed by atoms with Crippen LogP contribution in [-0.2, 0) is 20.0 Å². The number of nitrogens with zero attached hydrogens (tertiary/aromatic N) is 3. The maximum atomic E-state index is 6.21. The summed E-state index contributed by atoms with van der Waals surface area (Å²) in [7, 11) is 1.97. The van der Waals surface area contributed by atoms with Crippen LogP contribution in [0, 0.1) is 0 Å². The van der Waals surface area contributed by atoms with Gasteiger partial charge in [-0.3, -0.25) is 9.67 Å². The van der Waals surface area contributed by atoms with Crippen LogP contribution in [0.3, 0.4) is 0 Å². The van der Waals surface area contributed by atoms with Gasteiger partial charge in [0.1, 0.15) is 0 Å². The van der Waals surface area contributed by atoms with Crippen molar-refractivity contribution in [1.29, 1.82) is 0 Å².